The number of amides is 3. The zero-order valence-electron chi connectivity index (χ0n) is 66.1. The first-order chi connectivity index (χ1) is 52.0. The predicted octanol–water partition coefficient (Wildman–Crippen LogP) is 16.1. The number of aromatic nitrogens is 11. The van der Waals surface area contributed by atoms with Crippen LogP contribution in [-0.2, 0) is 52.8 Å². The number of ether oxygens (including phenoxy) is 7. The molecule has 9 heterocycles. The van der Waals surface area contributed by atoms with Crippen LogP contribution in [-0.4, -0.2) is 171 Å². The fourth-order valence-electron chi connectivity index (χ4n) is 12.7. The summed E-state index contributed by atoms with van der Waals surface area (Å²) in [5.74, 6) is 0.716. The van der Waals surface area contributed by atoms with Crippen LogP contribution in [0.4, 0.5) is 14.4 Å². The van der Waals surface area contributed by atoms with Gasteiger partial charge in [-0.3, -0.25) is 24.8 Å². The maximum atomic E-state index is 12.6. The number of nitrogens with two attached hydrogens (primary N) is 1. The lowest BCUT2D eigenvalue weighted by Gasteiger charge is -2.27. The van der Waals surface area contributed by atoms with Gasteiger partial charge in [0.15, 0.2) is 36.6 Å². The molecule has 2 atom stereocenters. The van der Waals surface area contributed by atoms with Crippen molar-refractivity contribution in [3.8, 4) is 51.0 Å². The average Bonchev–Trinajstić information content (AvgIpc) is 1.67. The molecule has 27 nitrogen and oxygen atoms in total. The van der Waals surface area contributed by atoms with Crippen LogP contribution < -0.4 is 5.73 Å². The molecule has 0 bridgehead atoms. The van der Waals surface area contributed by atoms with Gasteiger partial charge in [-0.15, -0.1) is 0 Å². The number of rotatable bonds is 19. The van der Waals surface area contributed by atoms with Crippen molar-refractivity contribution in [2.24, 2.45) is 5.73 Å². The quantitative estimate of drug-likeness (QED) is 0.0385. The summed E-state index contributed by atoms with van der Waals surface area (Å²) in [7, 11) is 3.11. The monoisotopic (exact) mass is 1490 g/mol. The van der Waals surface area contributed by atoms with E-state index in [9.17, 15) is 24.4 Å². The van der Waals surface area contributed by atoms with Gasteiger partial charge in [0.05, 0.1) is 36.2 Å². The average molecular weight is 1490 g/mol. The fraction of sp³-hybridized carbons (Fsp3) is 0.463. The van der Waals surface area contributed by atoms with Gasteiger partial charge in [-0.25, -0.2) is 28.7 Å². The lowest BCUT2D eigenvalue weighted by Crippen LogP contribution is -2.36. The standard InChI is InChI=1S/C27H33N5O3.C27H34N4O4.C24H28N6O2.C4H11NO2/c1-6-31(26(33)35-27(3,4)5)17-20-15-29-16-22(18(20)2)19-10-11-24-21(13-19)23(14-28)30-32(24)25-9-7-8-12-34-25;1-6-30(26(33)35-27(3,4)5)16-20-14-28-15-22(18(20)2)19-10-11-24-21(13-19)23(17-32)29-31(24)25-9-7-8-12-34-25;1-6-30(23(31)32-24(3,4)5)14-17-12-25-13-19(15(17)2)16-7-8-20-18(11-16)21(29-28-20)22-26-9-10-27-22;1-6-4(3-5)7-2/h10-11,13,15-16,25H,6-9,12,17H2,1-5H3;10-11,13-15,17,25H,6-9,12,16H2,1-5H3;7-13H,6,14H2,1-5H3,(H,26,27)(H,28,29);4H,3,5H2,1-2H3. The topological polar surface area (TPSA) is 324 Å². The van der Waals surface area contributed by atoms with Gasteiger partial charge in [0.25, 0.3) is 0 Å². The van der Waals surface area contributed by atoms with Gasteiger partial charge < -0.3 is 58.6 Å². The number of aldehydes is 1. The Morgan fingerprint density at radius 3 is 1.40 bits per heavy atom. The predicted molar refractivity (Wildman–Crippen MR) is 419 cm³/mol. The highest BCUT2D eigenvalue weighted by Gasteiger charge is 2.29. The van der Waals surface area contributed by atoms with Crippen LogP contribution in [0.3, 0.4) is 0 Å². The molecule has 580 valence electrons. The van der Waals surface area contributed by atoms with Gasteiger partial charge >= 0.3 is 18.3 Å². The Morgan fingerprint density at radius 2 is 1.04 bits per heavy atom. The normalized spacial score (nSPS) is 14.5. The van der Waals surface area contributed by atoms with Gasteiger partial charge in [-0.05, 0) is 229 Å². The van der Waals surface area contributed by atoms with Gasteiger partial charge in [0, 0.05) is 136 Å². The number of H-pyrrole nitrogens is 2. The molecule has 12 rings (SSSR count). The summed E-state index contributed by atoms with van der Waals surface area (Å²) in [6.07, 6.45) is 19.7. The minimum absolute atomic E-state index is 0.140. The Morgan fingerprint density at radius 1 is 0.615 bits per heavy atom. The van der Waals surface area contributed by atoms with E-state index in [1.54, 1.807) is 53.7 Å². The fourth-order valence-corrected chi connectivity index (χ4v) is 12.7. The Hall–Kier alpha value is -10.5. The summed E-state index contributed by atoms with van der Waals surface area (Å²) in [6, 6.07) is 20.4. The van der Waals surface area contributed by atoms with Crippen LogP contribution in [0, 0.1) is 32.1 Å². The molecule has 2 fully saturated rings. The number of carbonyl (C=O) groups excluding carboxylic acids is 4. The van der Waals surface area contributed by atoms with Crippen molar-refractivity contribution in [3.05, 3.63) is 149 Å². The molecule has 4 N–H and O–H groups in total. The second-order valence-electron chi connectivity index (χ2n) is 29.8. The van der Waals surface area contributed by atoms with Gasteiger partial charge in [0.1, 0.15) is 34.3 Å². The molecule has 27 heteroatoms. The number of nitrogens with one attached hydrogen (secondary N) is 2. The van der Waals surface area contributed by atoms with Crippen molar-refractivity contribution in [3.63, 3.8) is 0 Å². The molecule has 2 aliphatic rings. The molecule has 3 aromatic carbocycles. The molecule has 2 saturated heterocycles. The van der Waals surface area contributed by atoms with E-state index in [1.807, 2.05) is 180 Å². The Labute approximate surface area is 638 Å². The van der Waals surface area contributed by atoms with E-state index in [0.717, 1.165) is 150 Å². The molecule has 2 aliphatic heterocycles. The first-order valence-electron chi connectivity index (χ1n) is 37.2. The number of methoxy groups -OCH3 is 2. The number of aromatic amines is 2. The van der Waals surface area contributed by atoms with E-state index in [2.05, 4.69) is 64.4 Å². The summed E-state index contributed by atoms with van der Waals surface area (Å²) in [5, 5.41) is 28.9. The van der Waals surface area contributed by atoms with E-state index in [-0.39, 0.29) is 37.0 Å². The van der Waals surface area contributed by atoms with E-state index in [1.165, 1.54) is 0 Å². The maximum Gasteiger partial charge on any atom is 0.410 e. The number of carbonyl (C=O) groups is 4. The number of hydrogen-bond acceptors (Lipinski definition) is 20. The van der Waals surface area contributed by atoms with Gasteiger partial charge in [-0.2, -0.15) is 20.6 Å². The third kappa shape index (κ3) is 21.1. The van der Waals surface area contributed by atoms with Crippen molar-refractivity contribution in [1.29, 1.82) is 5.26 Å². The molecule has 0 saturated carbocycles. The lowest BCUT2D eigenvalue weighted by atomic mass is 9.97. The molecule has 10 aromatic rings. The molecule has 2 unspecified atom stereocenters. The summed E-state index contributed by atoms with van der Waals surface area (Å²) in [5.41, 5.74) is 19.6. The number of nitriles is 1. The molecule has 7 aromatic heterocycles. The van der Waals surface area contributed by atoms with E-state index in [4.69, 9.17) is 38.9 Å². The Kier molecular flexibility index (Phi) is 28.1. The van der Waals surface area contributed by atoms with E-state index in [0.29, 0.717) is 76.2 Å². The third-order valence-corrected chi connectivity index (χ3v) is 18.6. The summed E-state index contributed by atoms with van der Waals surface area (Å²) in [4.78, 5) is 75.5. The number of fused-ring (bicyclic) bond motifs is 3. The molecule has 0 spiro atoms. The second-order valence-corrected chi connectivity index (χ2v) is 29.8. The highest BCUT2D eigenvalue weighted by atomic mass is 16.7. The first-order valence-corrected chi connectivity index (χ1v) is 37.2. The van der Waals surface area contributed by atoms with Crippen LogP contribution in [0.5, 0.6) is 0 Å². The third-order valence-electron chi connectivity index (χ3n) is 18.6. The van der Waals surface area contributed by atoms with Gasteiger partial charge in [0.2, 0.25) is 0 Å². The summed E-state index contributed by atoms with van der Waals surface area (Å²) in [6.45, 7) is 33.4. The maximum absolute atomic E-state index is 12.6. The Bertz CT molecular complexity index is 4770. The van der Waals surface area contributed by atoms with E-state index < -0.39 is 16.8 Å². The number of benzene rings is 3. The van der Waals surface area contributed by atoms with Crippen LogP contribution in [0.15, 0.2) is 104 Å². The second kappa shape index (κ2) is 37.1. The summed E-state index contributed by atoms with van der Waals surface area (Å²) < 4.78 is 41.6. The van der Waals surface area contributed by atoms with E-state index >= 15 is 0 Å². The zero-order chi connectivity index (χ0) is 78.9. The van der Waals surface area contributed by atoms with Crippen LogP contribution in [0.2, 0.25) is 0 Å². The first kappa shape index (κ1) is 82.6. The van der Waals surface area contributed by atoms with Crippen LogP contribution >= 0.6 is 0 Å². The Balaban J connectivity index is 0.000000180. The molecule has 109 heavy (non-hydrogen) atoms. The lowest BCUT2D eigenvalue weighted by molar-refractivity contribution is -0.0940. The van der Waals surface area contributed by atoms with Crippen molar-refractivity contribution in [2.75, 3.05) is 53.6 Å². The number of nitrogens with zero attached hydrogens (tertiary/aromatic N) is 13. The molecule has 0 aliphatic carbocycles. The molecule has 3 amide bonds. The van der Waals surface area contributed by atoms with Crippen molar-refractivity contribution >= 4 is 57.3 Å². The van der Waals surface area contributed by atoms with Crippen molar-refractivity contribution < 1.29 is 52.3 Å². The van der Waals surface area contributed by atoms with Crippen LogP contribution in [0.25, 0.3) is 77.6 Å². The van der Waals surface area contributed by atoms with Gasteiger partial charge in [-0.1, -0.05) is 18.2 Å². The number of hydrogen-bond donors (Lipinski definition) is 3. The van der Waals surface area contributed by atoms with Crippen molar-refractivity contribution in [2.45, 2.75) is 198 Å². The number of imidazole rings is 1. The van der Waals surface area contributed by atoms with Crippen molar-refractivity contribution in [1.82, 2.24) is 69.4 Å². The zero-order valence-corrected chi connectivity index (χ0v) is 66.1. The molecular formula is C82H106N16O11. The minimum atomic E-state index is -0.557. The minimum Gasteiger partial charge on any atom is -0.444 e. The highest BCUT2D eigenvalue weighted by molar-refractivity contribution is 5.98. The number of pyridine rings is 3. The SMILES string of the molecule is CCN(Cc1cncc(-c2ccc3[nH]nc(-c4ncc[nH]4)c3c2)c1C)C(=O)OC(C)(C)C.CCN(Cc1cncc(-c2ccc3c(c2)c(C#N)nn3C2CCCCO2)c1C)C(=O)OC(C)(C)C.CCN(Cc1cncc(-c2ccc3c(c2)c(C=O)nn3C2CCCCO2)c1C)C(=O)OC(C)(C)C.COC(CN)OC. The smallest absolute Gasteiger partial charge is 0.410 e. The molecular weight excluding hydrogens is 1390 g/mol. The highest BCUT2D eigenvalue weighted by Crippen LogP contribution is 2.37. The molecule has 0 radical (unpaired) electrons. The van der Waals surface area contributed by atoms with Crippen LogP contribution in [0.1, 0.15) is 184 Å². The summed E-state index contributed by atoms with van der Waals surface area (Å²) >= 11 is 0. The largest absolute Gasteiger partial charge is 0.444 e.